The van der Waals surface area contributed by atoms with Gasteiger partial charge in [-0.1, -0.05) is 78.0 Å². The Bertz CT molecular complexity index is 702. The maximum absolute atomic E-state index is 11.9. The highest BCUT2D eigenvalue weighted by molar-refractivity contribution is 5.73. The van der Waals surface area contributed by atoms with Gasteiger partial charge in [0.15, 0.2) is 0 Å². The summed E-state index contributed by atoms with van der Waals surface area (Å²) < 4.78 is 0. The van der Waals surface area contributed by atoms with Crippen molar-refractivity contribution in [3.63, 3.8) is 0 Å². The van der Waals surface area contributed by atoms with Gasteiger partial charge in [-0.25, -0.2) is 0 Å². The fraction of sp³-hybridized carbons (Fsp3) is 0.435. The van der Waals surface area contributed by atoms with Crippen LogP contribution in [0.25, 0.3) is 6.08 Å². The zero-order chi connectivity index (χ0) is 18.8. The Morgan fingerprint density at radius 1 is 0.960 bits per heavy atom. The summed E-state index contributed by atoms with van der Waals surface area (Å²) in [6.45, 7) is 13.6. The van der Waals surface area contributed by atoms with E-state index in [9.17, 15) is 4.79 Å². The first-order valence-corrected chi connectivity index (χ1v) is 8.97. The van der Waals surface area contributed by atoms with Gasteiger partial charge >= 0.3 is 0 Å². The fourth-order valence-corrected chi connectivity index (χ4v) is 3.38. The van der Waals surface area contributed by atoms with E-state index in [1.54, 1.807) is 0 Å². The van der Waals surface area contributed by atoms with Gasteiger partial charge in [-0.3, -0.25) is 0 Å². The number of carbonyl (C=O) groups excluding carboxylic acids is 1. The molecule has 0 amide bonds. The number of nitrogens with two attached hydrogens (primary N) is 1. The summed E-state index contributed by atoms with van der Waals surface area (Å²) in [6.07, 6.45) is 7.64. The maximum atomic E-state index is 11.9. The average molecular weight is 338 g/mol. The molecule has 2 rings (SSSR count). The minimum atomic E-state index is -0.151. The standard InChI is InChI=1S/C23H31NO/c1-22(2,3)20-12-16(11-17-9-7-8-10-18(17)14-24)13-21(19(20)15-25)23(4,5)6/h7-13,15,19H,14,24H2,1-6H3. The summed E-state index contributed by atoms with van der Waals surface area (Å²) in [6, 6.07) is 8.20. The van der Waals surface area contributed by atoms with Crippen molar-refractivity contribution in [2.24, 2.45) is 22.5 Å². The van der Waals surface area contributed by atoms with E-state index in [4.69, 9.17) is 5.73 Å². The van der Waals surface area contributed by atoms with Gasteiger partial charge in [0.1, 0.15) is 6.29 Å². The smallest absolute Gasteiger partial charge is 0.131 e. The van der Waals surface area contributed by atoms with Crippen LogP contribution in [0.15, 0.2) is 53.1 Å². The van der Waals surface area contributed by atoms with Crippen LogP contribution in [0.3, 0.4) is 0 Å². The van der Waals surface area contributed by atoms with E-state index in [1.807, 2.05) is 12.1 Å². The lowest BCUT2D eigenvalue weighted by Gasteiger charge is -2.37. The molecule has 1 aromatic carbocycles. The molecule has 134 valence electrons. The molecule has 25 heavy (non-hydrogen) atoms. The maximum Gasteiger partial charge on any atom is 0.131 e. The minimum Gasteiger partial charge on any atom is -0.326 e. The van der Waals surface area contributed by atoms with Gasteiger partial charge in [0.05, 0.1) is 5.92 Å². The van der Waals surface area contributed by atoms with Crippen molar-refractivity contribution >= 4 is 12.4 Å². The van der Waals surface area contributed by atoms with E-state index in [1.165, 1.54) is 11.1 Å². The molecule has 1 aliphatic carbocycles. The lowest BCUT2D eigenvalue weighted by Crippen LogP contribution is -2.28. The van der Waals surface area contributed by atoms with Crippen LogP contribution in [0.4, 0.5) is 0 Å². The molecule has 0 radical (unpaired) electrons. The minimum absolute atomic E-state index is 0.0667. The summed E-state index contributed by atoms with van der Waals surface area (Å²) >= 11 is 0. The van der Waals surface area contributed by atoms with Crippen molar-refractivity contribution in [2.75, 3.05) is 0 Å². The third-order valence-electron chi connectivity index (χ3n) is 4.78. The SMILES string of the molecule is CC(C)(C)C1=CC(=Cc2ccccc2CN)C=C(C(C)(C)C)C1C=O. The molecule has 2 N–H and O–H groups in total. The average Bonchev–Trinajstić information content (AvgIpc) is 2.53. The van der Waals surface area contributed by atoms with Gasteiger partial charge in [-0.2, -0.15) is 0 Å². The molecule has 0 heterocycles. The van der Waals surface area contributed by atoms with E-state index < -0.39 is 0 Å². The van der Waals surface area contributed by atoms with Crippen LogP contribution in [-0.2, 0) is 11.3 Å². The van der Waals surface area contributed by atoms with Crippen molar-refractivity contribution in [2.45, 2.75) is 48.1 Å². The molecule has 0 bridgehead atoms. The van der Waals surface area contributed by atoms with Gasteiger partial charge in [0, 0.05) is 6.54 Å². The highest BCUT2D eigenvalue weighted by Crippen LogP contribution is 2.44. The summed E-state index contributed by atoms with van der Waals surface area (Å²) in [4.78, 5) is 11.9. The number of benzene rings is 1. The van der Waals surface area contributed by atoms with Gasteiger partial charge in [0.2, 0.25) is 0 Å². The fourth-order valence-electron chi connectivity index (χ4n) is 3.38. The van der Waals surface area contributed by atoms with Gasteiger partial charge < -0.3 is 10.5 Å². The molecule has 2 nitrogen and oxygen atoms in total. The Morgan fingerprint density at radius 2 is 1.48 bits per heavy atom. The first-order valence-electron chi connectivity index (χ1n) is 8.97. The number of aldehydes is 1. The summed E-state index contributed by atoms with van der Waals surface area (Å²) in [5, 5.41) is 0. The zero-order valence-electron chi connectivity index (χ0n) is 16.4. The third kappa shape index (κ3) is 4.38. The molecule has 0 saturated carbocycles. The number of rotatable bonds is 3. The van der Waals surface area contributed by atoms with E-state index >= 15 is 0 Å². The molecule has 0 aliphatic heterocycles. The van der Waals surface area contributed by atoms with Crippen molar-refractivity contribution in [3.05, 3.63) is 64.3 Å². The second-order valence-electron chi connectivity index (χ2n) is 8.86. The van der Waals surface area contributed by atoms with E-state index in [-0.39, 0.29) is 16.7 Å². The molecule has 0 atom stereocenters. The van der Waals surface area contributed by atoms with Crippen LogP contribution in [0, 0.1) is 16.7 Å². The van der Waals surface area contributed by atoms with Gasteiger partial charge in [0.25, 0.3) is 0 Å². The molecular weight excluding hydrogens is 306 g/mol. The largest absolute Gasteiger partial charge is 0.326 e. The first kappa shape index (κ1) is 19.4. The molecule has 0 aromatic heterocycles. The van der Waals surface area contributed by atoms with Crippen LogP contribution in [0.5, 0.6) is 0 Å². The van der Waals surface area contributed by atoms with Crippen LogP contribution in [0.2, 0.25) is 0 Å². The predicted octanol–water partition coefficient (Wildman–Crippen LogP) is 5.30. The monoisotopic (exact) mass is 337 g/mol. The zero-order valence-corrected chi connectivity index (χ0v) is 16.4. The molecule has 0 unspecified atom stereocenters. The van der Waals surface area contributed by atoms with Crippen molar-refractivity contribution in [3.8, 4) is 0 Å². The van der Waals surface area contributed by atoms with Crippen LogP contribution in [0.1, 0.15) is 52.7 Å². The number of allylic oxidation sites excluding steroid dienone is 5. The van der Waals surface area contributed by atoms with Crippen LogP contribution >= 0.6 is 0 Å². The first-order chi connectivity index (χ1) is 11.6. The molecule has 1 aliphatic rings. The molecular formula is C23H31NO. The highest BCUT2D eigenvalue weighted by atomic mass is 16.1. The van der Waals surface area contributed by atoms with Gasteiger partial charge in [-0.05, 0) is 44.8 Å². The van der Waals surface area contributed by atoms with Crippen LogP contribution < -0.4 is 5.73 Å². The summed E-state index contributed by atoms with van der Waals surface area (Å²) in [5.41, 5.74) is 11.5. The lowest BCUT2D eigenvalue weighted by atomic mass is 9.67. The lowest BCUT2D eigenvalue weighted by molar-refractivity contribution is -0.109. The Balaban J connectivity index is 2.65. The second-order valence-corrected chi connectivity index (χ2v) is 8.86. The third-order valence-corrected chi connectivity index (χ3v) is 4.78. The van der Waals surface area contributed by atoms with E-state index in [2.05, 4.69) is 71.9 Å². The molecule has 0 spiro atoms. The van der Waals surface area contributed by atoms with Crippen LogP contribution in [-0.4, -0.2) is 6.29 Å². The predicted molar refractivity (Wildman–Crippen MR) is 107 cm³/mol. The molecule has 2 heteroatoms. The molecule has 0 fully saturated rings. The van der Waals surface area contributed by atoms with Crippen molar-refractivity contribution in [1.29, 1.82) is 0 Å². The Morgan fingerprint density at radius 3 is 1.92 bits per heavy atom. The quantitative estimate of drug-likeness (QED) is 0.760. The normalized spacial score (nSPS) is 18.5. The highest BCUT2D eigenvalue weighted by Gasteiger charge is 2.35. The second kappa shape index (κ2) is 7.13. The van der Waals surface area contributed by atoms with E-state index in [0.717, 1.165) is 23.0 Å². The topological polar surface area (TPSA) is 43.1 Å². The van der Waals surface area contributed by atoms with Crippen molar-refractivity contribution < 1.29 is 4.79 Å². The van der Waals surface area contributed by atoms with Gasteiger partial charge in [-0.15, -0.1) is 0 Å². The van der Waals surface area contributed by atoms with E-state index in [0.29, 0.717) is 6.54 Å². The number of hydrogen-bond acceptors (Lipinski definition) is 2. The molecule has 1 aromatic rings. The number of carbonyl (C=O) groups is 1. The Labute approximate surface area is 152 Å². The summed E-state index contributed by atoms with van der Waals surface area (Å²) in [5.74, 6) is -0.151. The van der Waals surface area contributed by atoms with Crippen molar-refractivity contribution in [1.82, 2.24) is 0 Å². The number of hydrogen-bond donors (Lipinski definition) is 1. The Hall–Kier alpha value is -1.93. The molecule has 0 saturated heterocycles. The summed E-state index contributed by atoms with van der Waals surface area (Å²) in [7, 11) is 0. The Kier molecular flexibility index (Phi) is 5.53.